The molecule has 3 aromatic rings. The van der Waals surface area contributed by atoms with Gasteiger partial charge in [-0.3, -0.25) is 9.36 Å². The Balaban J connectivity index is 1.86. The summed E-state index contributed by atoms with van der Waals surface area (Å²) in [6.45, 7) is 7.81. The number of hydrogen-bond acceptors (Lipinski definition) is 7. The highest BCUT2D eigenvalue weighted by atomic mass is 32.2. The van der Waals surface area contributed by atoms with Crippen LogP contribution in [-0.2, 0) is 9.53 Å². The van der Waals surface area contributed by atoms with Crippen molar-refractivity contribution >= 4 is 35.1 Å². The summed E-state index contributed by atoms with van der Waals surface area (Å²) in [6.07, 6.45) is 5.56. The minimum Gasteiger partial charge on any atom is -0.490 e. The molecule has 2 heterocycles. The highest BCUT2D eigenvalue weighted by molar-refractivity contribution is 7.98. The van der Waals surface area contributed by atoms with E-state index in [0.717, 1.165) is 16.0 Å². The summed E-state index contributed by atoms with van der Waals surface area (Å²) >= 11 is 2.98. The lowest BCUT2D eigenvalue weighted by Crippen LogP contribution is -2.39. The highest BCUT2D eigenvalue weighted by Crippen LogP contribution is 2.31. The minimum atomic E-state index is -0.653. The van der Waals surface area contributed by atoms with Crippen LogP contribution in [0.15, 0.2) is 87.1 Å². The number of esters is 1. The fourth-order valence-corrected chi connectivity index (χ4v) is 5.31. The number of hydrogen-bond donors (Lipinski definition) is 0. The Morgan fingerprint density at radius 3 is 2.54 bits per heavy atom. The number of carbonyl (C=O) groups excluding carboxylic acids is 1. The molecule has 0 spiro atoms. The lowest BCUT2D eigenvalue weighted by molar-refractivity contribution is -0.139. The fraction of sp³-hybridized carbons (Fsp3) is 0.222. The predicted molar refractivity (Wildman–Crippen MR) is 141 cm³/mol. The summed E-state index contributed by atoms with van der Waals surface area (Å²) in [6, 6.07) is 14.7. The van der Waals surface area contributed by atoms with Crippen molar-refractivity contribution in [1.82, 2.24) is 4.57 Å². The smallest absolute Gasteiger partial charge is 0.338 e. The van der Waals surface area contributed by atoms with E-state index < -0.39 is 12.0 Å². The third-order valence-corrected chi connectivity index (χ3v) is 7.22. The number of thioether (sulfide) groups is 1. The van der Waals surface area contributed by atoms with Crippen molar-refractivity contribution in [2.45, 2.75) is 24.8 Å². The molecule has 1 aliphatic heterocycles. The SMILES string of the molecule is C=CCOc1ccc([C@@H]2C(C(=O)OCC)=C(C)N=c3s/c(=C\c4ccc(SC)cc4)c(=O)n32)cc1. The van der Waals surface area contributed by atoms with Gasteiger partial charge in [0.25, 0.3) is 5.56 Å². The van der Waals surface area contributed by atoms with Crippen LogP contribution in [-0.4, -0.2) is 30.0 Å². The summed E-state index contributed by atoms with van der Waals surface area (Å²) < 4.78 is 13.1. The topological polar surface area (TPSA) is 69.9 Å². The molecular weight excluding hydrogens is 480 g/mol. The van der Waals surface area contributed by atoms with E-state index in [-0.39, 0.29) is 12.2 Å². The third kappa shape index (κ3) is 5.18. The van der Waals surface area contributed by atoms with E-state index in [1.54, 1.807) is 36.3 Å². The third-order valence-electron chi connectivity index (χ3n) is 5.49. The van der Waals surface area contributed by atoms with Crippen LogP contribution in [0.4, 0.5) is 0 Å². The summed E-state index contributed by atoms with van der Waals surface area (Å²) in [5, 5.41) is 0. The molecule has 35 heavy (non-hydrogen) atoms. The van der Waals surface area contributed by atoms with Gasteiger partial charge in [-0.05, 0) is 61.6 Å². The zero-order valence-corrected chi connectivity index (χ0v) is 21.4. The summed E-state index contributed by atoms with van der Waals surface area (Å²) in [5.41, 5.74) is 2.39. The molecule has 0 aliphatic carbocycles. The van der Waals surface area contributed by atoms with Crippen LogP contribution in [0.25, 0.3) is 6.08 Å². The Hall–Kier alpha value is -3.36. The van der Waals surface area contributed by atoms with Crippen molar-refractivity contribution in [2.75, 3.05) is 19.5 Å². The molecule has 0 N–H and O–H groups in total. The molecular formula is C27H26N2O4S2. The maximum atomic E-state index is 13.6. The number of rotatable bonds is 8. The van der Waals surface area contributed by atoms with Gasteiger partial charge < -0.3 is 9.47 Å². The largest absolute Gasteiger partial charge is 0.490 e. The van der Waals surface area contributed by atoms with Gasteiger partial charge in [-0.25, -0.2) is 9.79 Å². The number of thiazole rings is 1. The van der Waals surface area contributed by atoms with Gasteiger partial charge in [0.1, 0.15) is 12.4 Å². The van der Waals surface area contributed by atoms with Crippen LogP contribution in [0.1, 0.15) is 31.0 Å². The molecule has 0 saturated heterocycles. The summed E-state index contributed by atoms with van der Waals surface area (Å²) in [7, 11) is 0. The molecule has 0 amide bonds. The number of carbonyl (C=O) groups is 1. The first-order chi connectivity index (χ1) is 17.0. The molecule has 0 unspecified atom stereocenters. The molecule has 1 aliphatic rings. The molecule has 1 aromatic heterocycles. The van der Waals surface area contributed by atoms with Crippen LogP contribution in [0.5, 0.6) is 5.75 Å². The van der Waals surface area contributed by atoms with Crippen LogP contribution in [0, 0.1) is 0 Å². The van der Waals surface area contributed by atoms with E-state index >= 15 is 0 Å². The van der Waals surface area contributed by atoms with E-state index in [2.05, 4.69) is 11.6 Å². The lowest BCUT2D eigenvalue weighted by atomic mass is 9.96. The van der Waals surface area contributed by atoms with E-state index in [1.807, 2.05) is 60.9 Å². The average molecular weight is 507 g/mol. The van der Waals surface area contributed by atoms with Crippen molar-refractivity contribution in [1.29, 1.82) is 0 Å². The standard InChI is InChI=1S/C27H26N2O4S2/c1-5-15-33-20-11-9-19(10-12-20)24-23(26(31)32-6-2)17(3)28-27-29(24)25(30)22(35-27)16-18-7-13-21(34-4)14-8-18/h5,7-14,16,24H,1,6,15H2,2-4H3/b22-16-/t24-/m1/s1. The number of benzene rings is 2. The van der Waals surface area contributed by atoms with Crippen molar-refractivity contribution in [3.63, 3.8) is 0 Å². The Bertz CT molecular complexity index is 1450. The van der Waals surface area contributed by atoms with Crippen molar-refractivity contribution in [3.05, 3.63) is 103 Å². The first-order valence-corrected chi connectivity index (χ1v) is 13.2. The van der Waals surface area contributed by atoms with Gasteiger partial charge >= 0.3 is 5.97 Å². The van der Waals surface area contributed by atoms with Gasteiger partial charge in [0.2, 0.25) is 0 Å². The van der Waals surface area contributed by atoms with Gasteiger partial charge in [0, 0.05) is 4.90 Å². The Kier molecular flexibility index (Phi) is 7.73. The second-order valence-electron chi connectivity index (χ2n) is 7.74. The molecule has 0 radical (unpaired) electrons. The molecule has 1 atom stereocenters. The quantitative estimate of drug-likeness (QED) is 0.262. The second kappa shape index (κ2) is 10.9. The van der Waals surface area contributed by atoms with Gasteiger partial charge in [0.05, 0.1) is 28.5 Å². The Labute approximate surface area is 211 Å². The minimum absolute atomic E-state index is 0.200. The molecule has 0 saturated carbocycles. The summed E-state index contributed by atoms with van der Waals surface area (Å²) in [5.74, 6) is 0.195. The Morgan fingerprint density at radius 2 is 1.91 bits per heavy atom. The molecule has 8 heteroatoms. The lowest BCUT2D eigenvalue weighted by Gasteiger charge is -2.24. The number of allylic oxidation sites excluding steroid dienone is 1. The van der Waals surface area contributed by atoms with E-state index in [4.69, 9.17) is 9.47 Å². The van der Waals surface area contributed by atoms with Crippen LogP contribution >= 0.6 is 23.1 Å². The first-order valence-electron chi connectivity index (χ1n) is 11.1. The van der Waals surface area contributed by atoms with Gasteiger partial charge in [-0.1, -0.05) is 48.3 Å². The maximum absolute atomic E-state index is 13.6. The fourth-order valence-electron chi connectivity index (χ4n) is 3.86. The number of nitrogens with zero attached hydrogens (tertiary/aromatic N) is 2. The van der Waals surface area contributed by atoms with E-state index in [0.29, 0.717) is 33.0 Å². The molecule has 2 aromatic carbocycles. The van der Waals surface area contributed by atoms with E-state index in [9.17, 15) is 9.59 Å². The zero-order chi connectivity index (χ0) is 24.9. The van der Waals surface area contributed by atoms with Crippen LogP contribution in [0.3, 0.4) is 0 Å². The number of aromatic nitrogens is 1. The molecule has 6 nitrogen and oxygen atoms in total. The Morgan fingerprint density at radius 1 is 1.20 bits per heavy atom. The maximum Gasteiger partial charge on any atom is 0.338 e. The second-order valence-corrected chi connectivity index (χ2v) is 9.63. The predicted octanol–water partition coefficient (Wildman–Crippen LogP) is 4.09. The zero-order valence-electron chi connectivity index (χ0n) is 19.8. The average Bonchev–Trinajstić information content (AvgIpc) is 3.17. The van der Waals surface area contributed by atoms with Crippen molar-refractivity contribution in [2.24, 2.45) is 4.99 Å². The van der Waals surface area contributed by atoms with Crippen molar-refractivity contribution < 1.29 is 14.3 Å². The van der Waals surface area contributed by atoms with Crippen LogP contribution < -0.4 is 19.6 Å². The van der Waals surface area contributed by atoms with Gasteiger partial charge in [-0.2, -0.15) is 0 Å². The summed E-state index contributed by atoms with van der Waals surface area (Å²) in [4.78, 5) is 32.9. The van der Waals surface area contributed by atoms with Crippen molar-refractivity contribution in [3.8, 4) is 5.75 Å². The number of fused-ring (bicyclic) bond motifs is 1. The normalized spacial score (nSPS) is 15.4. The molecule has 4 rings (SSSR count). The van der Waals surface area contributed by atoms with Gasteiger partial charge in [0.15, 0.2) is 4.80 Å². The van der Waals surface area contributed by atoms with Gasteiger partial charge in [-0.15, -0.1) is 11.8 Å². The highest BCUT2D eigenvalue weighted by Gasteiger charge is 2.33. The monoisotopic (exact) mass is 506 g/mol. The first kappa shape index (κ1) is 24.8. The number of ether oxygens (including phenoxy) is 2. The molecule has 0 fully saturated rings. The van der Waals surface area contributed by atoms with Crippen LogP contribution in [0.2, 0.25) is 0 Å². The van der Waals surface area contributed by atoms with E-state index in [1.165, 1.54) is 11.3 Å². The molecule has 180 valence electrons. The molecule has 0 bridgehead atoms.